The highest BCUT2D eigenvalue weighted by atomic mass is 19.1. The first-order chi connectivity index (χ1) is 22.5. The SMILES string of the molecule is O=C(NC1=CCC2NN=C(c3ccc(F)cc3)C2=C1)[C@@H]1CCN(CC(=O)N2C[C@@H]3C[C@H]2CN3c2ccc(-c3ncccn3)cc2)C1. The van der Waals surface area contributed by atoms with Gasteiger partial charge >= 0.3 is 0 Å². The average Bonchev–Trinajstić information content (AvgIpc) is 3.90. The minimum absolute atomic E-state index is 0.0246. The number of halogens is 1. The topological polar surface area (TPSA) is 106 Å². The van der Waals surface area contributed by atoms with Crippen molar-refractivity contribution in [3.05, 3.63) is 102 Å². The van der Waals surface area contributed by atoms with Crippen LogP contribution in [0.1, 0.15) is 24.8 Å². The van der Waals surface area contributed by atoms with Crippen LogP contribution in [0, 0.1) is 11.7 Å². The van der Waals surface area contributed by atoms with Crippen molar-refractivity contribution in [1.29, 1.82) is 0 Å². The second kappa shape index (κ2) is 11.8. The summed E-state index contributed by atoms with van der Waals surface area (Å²) in [5, 5.41) is 7.58. The number of fused-ring (bicyclic) bond motifs is 3. The number of likely N-dealkylation sites (tertiary alicyclic amines) is 2. The van der Waals surface area contributed by atoms with Gasteiger partial charge in [0.15, 0.2) is 5.82 Å². The Morgan fingerprint density at radius 1 is 0.957 bits per heavy atom. The molecule has 1 unspecified atom stereocenters. The van der Waals surface area contributed by atoms with Crippen molar-refractivity contribution in [2.24, 2.45) is 11.0 Å². The summed E-state index contributed by atoms with van der Waals surface area (Å²) in [6.07, 6.45) is 9.87. The Morgan fingerprint density at radius 3 is 2.50 bits per heavy atom. The number of hydrogen-bond acceptors (Lipinski definition) is 8. The minimum atomic E-state index is -0.290. The molecule has 5 aliphatic rings. The molecule has 2 bridgehead atoms. The Labute approximate surface area is 266 Å². The number of carbonyl (C=O) groups excluding carboxylic acids is 2. The standard InChI is InChI=1S/C35H35FN8O2/c36-25-6-2-22(3-7-25)33-30-16-26(8-11-31(30)40-41-33)39-35(46)24-12-15-42(18-24)21-32(45)44-20-28-17-29(44)19-43(28)27-9-4-23(5-10-27)34-37-13-1-14-38-34/h1-10,13-14,16,24,28-29,31,40H,11-12,15,17-21H2,(H,39,46)/t24-,28+,29+,31?/m1/s1. The van der Waals surface area contributed by atoms with Crippen molar-refractivity contribution in [1.82, 2.24) is 30.5 Å². The third kappa shape index (κ3) is 5.44. The van der Waals surface area contributed by atoms with Crippen molar-refractivity contribution in [3.63, 3.8) is 0 Å². The van der Waals surface area contributed by atoms with Crippen LogP contribution in [0.4, 0.5) is 10.1 Å². The molecule has 0 saturated carbocycles. The summed E-state index contributed by atoms with van der Waals surface area (Å²) in [4.78, 5) is 41.9. The van der Waals surface area contributed by atoms with E-state index in [-0.39, 0.29) is 35.6 Å². The summed E-state index contributed by atoms with van der Waals surface area (Å²) in [6.45, 7) is 3.20. The first-order valence-electron chi connectivity index (χ1n) is 16.0. The predicted molar refractivity (Wildman–Crippen MR) is 172 cm³/mol. The third-order valence-corrected chi connectivity index (χ3v) is 9.84. The number of aromatic nitrogens is 2. The molecule has 10 nitrogen and oxygen atoms in total. The molecule has 4 atom stereocenters. The quantitative estimate of drug-likeness (QED) is 0.419. The van der Waals surface area contributed by atoms with Gasteiger partial charge in [-0.3, -0.25) is 14.5 Å². The number of anilines is 1. The number of nitrogens with one attached hydrogen (secondary N) is 2. The van der Waals surface area contributed by atoms with Gasteiger partial charge in [-0.05, 0) is 86.5 Å². The second-order valence-electron chi connectivity index (χ2n) is 12.7. The van der Waals surface area contributed by atoms with Crippen LogP contribution in [0.15, 0.2) is 95.5 Å². The molecule has 2 aromatic carbocycles. The summed E-state index contributed by atoms with van der Waals surface area (Å²) in [7, 11) is 0. The highest BCUT2D eigenvalue weighted by Crippen LogP contribution is 2.35. The molecule has 3 aromatic rings. The lowest BCUT2D eigenvalue weighted by molar-refractivity contribution is -0.133. The summed E-state index contributed by atoms with van der Waals surface area (Å²) < 4.78 is 13.4. The number of hydrazone groups is 1. The Morgan fingerprint density at radius 2 is 1.74 bits per heavy atom. The number of nitrogens with zero attached hydrogens (tertiary/aromatic N) is 6. The fraction of sp³-hybridized carbons (Fsp3) is 0.343. The fourth-order valence-electron chi connectivity index (χ4n) is 7.44. The van der Waals surface area contributed by atoms with Crippen LogP contribution in [0.2, 0.25) is 0 Å². The van der Waals surface area contributed by atoms with Crippen LogP contribution in [-0.2, 0) is 9.59 Å². The molecule has 8 rings (SSSR count). The van der Waals surface area contributed by atoms with Crippen LogP contribution in [0.3, 0.4) is 0 Å². The number of hydrogen-bond donors (Lipinski definition) is 2. The van der Waals surface area contributed by atoms with Crippen LogP contribution >= 0.6 is 0 Å². The van der Waals surface area contributed by atoms with E-state index < -0.39 is 0 Å². The molecule has 0 spiro atoms. The van der Waals surface area contributed by atoms with Crippen LogP contribution in [0.25, 0.3) is 11.4 Å². The van der Waals surface area contributed by atoms with Gasteiger partial charge in [0.05, 0.1) is 30.3 Å². The Bertz CT molecular complexity index is 1740. The largest absolute Gasteiger partial charge is 0.365 e. The number of allylic oxidation sites excluding steroid dienone is 1. The fourth-order valence-corrected chi connectivity index (χ4v) is 7.44. The van der Waals surface area contributed by atoms with Gasteiger partial charge in [0.25, 0.3) is 0 Å². The van der Waals surface area contributed by atoms with Gasteiger partial charge in [-0.15, -0.1) is 0 Å². The summed E-state index contributed by atoms with van der Waals surface area (Å²) >= 11 is 0. The monoisotopic (exact) mass is 618 g/mol. The molecule has 234 valence electrons. The van der Waals surface area contributed by atoms with Gasteiger partial charge in [0.1, 0.15) is 5.82 Å². The van der Waals surface area contributed by atoms with E-state index >= 15 is 0 Å². The molecule has 4 aliphatic heterocycles. The van der Waals surface area contributed by atoms with E-state index in [2.05, 4.69) is 59.9 Å². The number of amides is 2. The molecule has 11 heteroatoms. The predicted octanol–water partition coefficient (Wildman–Crippen LogP) is 3.10. The molecule has 1 aliphatic carbocycles. The van der Waals surface area contributed by atoms with E-state index in [1.165, 1.54) is 12.1 Å². The summed E-state index contributed by atoms with van der Waals surface area (Å²) in [5.74, 6) is 0.374. The lowest BCUT2D eigenvalue weighted by Gasteiger charge is -2.36. The highest BCUT2D eigenvalue weighted by Gasteiger charge is 2.45. The number of rotatable bonds is 7. The summed E-state index contributed by atoms with van der Waals surface area (Å²) in [5.41, 5.74) is 8.64. The van der Waals surface area contributed by atoms with Crippen molar-refractivity contribution < 1.29 is 14.0 Å². The van der Waals surface area contributed by atoms with Gasteiger partial charge in [-0.2, -0.15) is 5.10 Å². The normalized spacial score (nSPS) is 25.1. The van der Waals surface area contributed by atoms with Gasteiger partial charge in [0, 0.05) is 66.2 Å². The second-order valence-corrected chi connectivity index (χ2v) is 12.7. The Balaban J connectivity index is 0.829. The van der Waals surface area contributed by atoms with Crippen LogP contribution in [0.5, 0.6) is 0 Å². The van der Waals surface area contributed by atoms with Crippen LogP contribution < -0.4 is 15.6 Å². The molecule has 2 N–H and O–H groups in total. The lowest BCUT2D eigenvalue weighted by atomic mass is 9.91. The Hall–Kier alpha value is -4.90. The van der Waals surface area contributed by atoms with E-state index in [1.54, 1.807) is 24.5 Å². The van der Waals surface area contributed by atoms with Crippen LogP contribution in [-0.4, -0.2) is 88.1 Å². The molecule has 1 aromatic heterocycles. The molecule has 46 heavy (non-hydrogen) atoms. The van der Waals surface area contributed by atoms with Crippen molar-refractivity contribution >= 4 is 23.2 Å². The van der Waals surface area contributed by atoms with Gasteiger partial charge in [0.2, 0.25) is 11.8 Å². The Kier molecular flexibility index (Phi) is 7.32. The lowest BCUT2D eigenvalue weighted by Crippen LogP contribution is -2.51. The van der Waals surface area contributed by atoms with E-state index in [1.807, 2.05) is 23.1 Å². The maximum atomic E-state index is 13.4. The van der Waals surface area contributed by atoms with Gasteiger partial charge < -0.3 is 20.5 Å². The summed E-state index contributed by atoms with van der Waals surface area (Å²) in [6, 6.07) is 17.0. The van der Waals surface area contributed by atoms with Gasteiger partial charge in [-0.25, -0.2) is 14.4 Å². The van der Waals surface area contributed by atoms with Gasteiger partial charge in [-0.1, -0.05) is 6.08 Å². The van der Waals surface area contributed by atoms with E-state index in [9.17, 15) is 14.0 Å². The number of carbonyl (C=O) groups is 2. The molecule has 0 radical (unpaired) electrons. The molecular weight excluding hydrogens is 583 g/mol. The molecule has 3 fully saturated rings. The van der Waals surface area contributed by atoms with Crippen molar-refractivity contribution in [3.8, 4) is 11.4 Å². The molecule has 5 heterocycles. The van der Waals surface area contributed by atoms with Crippen molar-refractivity contribution in [2.75, 3.05) is 37.6 Å². The maximum absolute atomic E-state index is 13.4. The molecule has 3 saturated heterocycles. The zero-order valence-electron chi connectivity index (χ0n) is 25.3. The first kappa shape index (κ1) is 28.6. The zero-order valence-corrected chi connectivity index (χ0v) is 25.3. The molecular formula is C35H35FN8O2. The number of benzene rings is 2. The van der Waals surface area contributed by atoms with E-state index in [0.29, 0.717) is 31.4 Å². The molecule has 2 amide bonds. The highest BCUT2D eigenvalue weighted by molar-refractivity contribution is 6.14. The third-order valence-electron chi connectivity index (χ3n) is 9.84. The van der Waals surface area contributed by atoms with Crippen molar-refractivity contribution in [2.45, 2.75) is 37.4 Å². The minimum Gasteiger partial charge on any atom is -0.365 e. The van der Waals surface area contributed by atoms with E-state index in [4.69, 9.17) is 0 Å². The smallest absolute Gasteiger partial charge is 0.237 e. The first-order valence-corrected chi connectivity index (χ1v) is 16.0. The average molecular weight is 619 g/mol. The number of piperazine rings is 1. The zero-order chi connectivity index (χ0) is 31.2. The maximum Gasteiger partial charge on any atom is 0.237 e. The van der Waals surface area contributed by atoms with E-state index in [0.717, 1.165) is 66.3 Å².